The summed E-state index contributed by atoms with van der Waals surface area (Å²) >= 11 is 0. The Bertz CT molecular complexity index is 830. The number of hydrogen-bond acceptors (Lipinski definition) is 4. The van der Waals surface area contributed by atoms with Crippen LogP contribution in [0.1, 0.15) is 44.9 Å². The molecule has 29 heavy (non-hydrogen) atoms. The van der Waals surface area contributed by atoms with Crippen molar-refractivity contribution in [1.82, 2.24) is 15.6 Å². The Hall–Kier alpha value is -2.03. The summed E-state index contributed by atoms with van der Waals surface area (Å²) in [4.78, 5) is 11.4. The number of aromatic nitrogens is 1. The third-order valence-electron chi connectivity index (χ3n) is 4.56. The van der Waals surface area contributed by atoms with Crippen molar-refractivity contribution >= 4 is 35.6 Å². The van der Waals surface area contributed by atoms with Gasteiger partial charge in [-0.1, -0.05) is 45.1 Å². The predicted molar refractivity (Wildman–Crippen MR) is 130 cm³/mol. The molecule has 0 bridgehead atoms. The molecule has 3 rings (SSSR count). The molecule has 1 aliphatic rings. The van der Waals surface area contributed by atoms with E-state index in [2.05, 4.69) is 84.6 Å². The molecular formula is C22H32IN5O. The van der Waals surface area contributed by atoms with Crippen LogP contribution in [-0.2, 0) is 18.5 Å². The third kappa shape index (κ3) is 6.76. The van der Waals surface area contributed by atoms with E-state index in [1.165, 1.54) is 11.3 Å². The summed E-state index contributed by atoms with van der Waals surface area (Å²) in [7, 11) is 0. The molecule has 2 N–H and O–H groups in total. The first-order valence-corrected chi connectivity index (χ1v) is 9.92. The number of rotatable bonds is 6. The monoisotopic (exact) mass is 509 g/mol. The summed E-state index contributed by atoms with van der Waals surface area (Å²) in [6.07, 6.45) is 6.21. The first kappa shape index (κ1) is 23.3. The van der Waals surface area contributed by atoms with Gasteiger partial charge in [0.15, 0.2) is 5.96 Å². The molecule has 0 aliphatic carbocycles. The molecule has 0 saturated carbocycles. The van der Waals surface area contributed by atoms with Crippen molar-refractivity contribution in [2.45, 2.75) is 46.2 Å². The van der Waals surface area contributed by atoms with E-state index in [0.29, 0.717) is 19.0 Å². The zero-order valence-electron chi connectivity index (χ0n) is 17.7. The van der Waals surface area contributed by atoms with Crippen LogP contribution in [-0.4, -0.2) is 30.6 Å². The predicted octanol–water partition coefficient (Wildman–Crippen LogP) is 4.22. The van der Waals surface area contributed by atoms with Crippen LogP contribution in [0, 0.1) is 0 Å². The fourth-order valence-corrected chi connectivity index (χ4v) is 2.95. The Morgan fingerprint density at radius 3 is 2.62 bits per heavy atom. The molecule has 0 saturated heterocycles. The van der Waals surface area contributed by atoms with Crippen molar-refractivity contribution < 1.29 is 4.42 Å². The van der Waals surface area contributed by atoms with Gasteiger partial charge >= 0.3 is 0 Å². The zero-order valence-corrected chi connectivity index (χ0v) is 20.1. The Morgan fingerprint density at radius 1 is 1.21 bits per heavy atom. The molecule has 2 aromatic rings. The number of nitrogens with one attached hydrogen (secondary N) is 2. The molecule has 7 heteroatoms. The second kappa shape index (κ2) is 10.7. The Balaban J connectivity index is 0.00000300. The van der Waals surface area contributed by atoms with E-state index in [4.69, 9.17) is 9.41 Å². The van der Waals surface area contributed by atoms with E-state index in [0.717, 1.165) is 31.4 Å². The fourth-order valence-electron chi connectivity index (χ4n) is 2.95. The van der Waals surface area contributed by atoms with E-state index < -0.39 is 0 Å². The number of anilines is 1. The highest BCUT2D eigenvalue weighted by Crippen LogP contribution is 2.22. The average molecular weight is 509 g/mol. The fraction of sp³-hybridized carbons (Fsp3) is 0.455. The molecule has 0 spiro atoms. The number of benzene rings is 1. The van der Waals surface area contributed by atoms with Gasteiger partial charge in [0.05, 0.1) is 19.3 Å². The Morgan fingerprint density at radius 2 is 1.97 bits per heavy atom. The second-order valence-electron chi connectivity index (χ2n) is 7.96. The van der Waals surface area contributed by atoms with Crippen molar-refractivity contribution in [2.75, 3.05) is 24.5 Å². The standard InChI is InChI=1S/C22H31N5O.HI/c1-5-23-21(26-16-20-24-15-19(28-20)22(2,3)4)25-14-17-9-8-10-18(13-17)27-11-6-7-12-27;/h6-10,13,15H,5,11-12,14,16H2,1-4H3,(H2,23,25,26);1H. The van der Waals surface area contributed by atoms with Crippen LogP contribution in [0.25, 0.3) is 0 Å². The van der Waals surface area contributed by atoms with E-state index in [-0.39, 0.29) is 29.4 Å². The van der Waals surface area contributed by atoms with Crippen LogP contribution < -0.4 is 15.5 Å². The maximum atomic E-state index is 5.84. The van der Waals surface area contributed by atoms with Crippen molar-refractivity contribution in [3.63, 3.8) is 0 Å². The lowest BCUT2D eigenvalue weighted by Gasteiger charge is -2.18. The van der Waals surface area contributed by atoms with Crippen LogP contribution in [0.4, 0.5) is 5.69 Å². The van der Waals surface area contributed by atoms with E-state index in [9.17, 15) is 0 Å². The van der Waals surface area contributed by atoms with Crippen LogP contribution in [0.5, 0.6) is 0 Å². The molecule has 2 heterocycles. The number of oxazole rings is 1. The molecule has 1 aromatic heterocycles. The first-order valence-electron chi connectivity index (χ1n) is 9.92. The number of hydrogen-bond donors (Lipinski definition) is 2. The smallest absolute Gasteiger partial charge is 0.213 e. The lowest BCUT2D eigenvalue weighted by molar-refractivity contribution is 0.379. The zero-order chi connectivity index (χ0) is 20.0. The second-order valence-corrected chi connectivity index (χ2v) is 7.96. The van der Waals surface area contributed by atoms with Crippen molar-refractivity contribution in [2.24, 2.45) is 4.99 Å². The molecule has 1 aromatic carbocycles. The first-order chi connectivity index (χ1) is 13.5. The number of guanidine groups is 1. The molecule has 158 valence electrons. The highest BCUT2D eigenvalue weighted by molar-refractivity contribution is 14.0. The van der Waals surface area contributed by atoms with Crippen LogP contribution >= 0.6 is 24.0 Å². The summed E-state index contributed by atoms with van der Waals surface area (Å²) < 4.78 is 5.84. The SMILES string of the molecule is CCNC(=NCc1cccc(N2CC=CC2)c1)NCc1ncc(C(C)(C)C)o1.I. The minimum absolute atomic E-state index is 0. The molecular weight excluding hydrogens is 477 g/mol. The minimum atomic E-state index is -0.0419. The summed E-state index contributed by atoms with van der Waals surface area (Å²) in [6.45, 7) is 12.3. The van der Waals surface area contributed by atoms with Crippen LogP contribution in [0.2, 0.25) is 0 Å². The van der Waals surface area contributed by atoms with Crippen molar-refractivity contribution in [1.29, 1.82) is 0 Å². The molecule has 6 nitrogen and oxygen atoms in total. The van der Waals surface area contributed by atoms with Gasteiger partial charge in [-0.2, -0.15) is 0 Å². The van der Waals surface area contributed by atoms with Gasteiger partial charge in [-0.3, -0.25) is 0 Å². The average Bonchev–Trinajstić information content (AvgIpc) is 3.36. The van der Waals surface area contributed by atoms with Gasteiger partial charge in [-0.05, 0) is 24.6 Å². The maximum absolute atomic E-state index is 5.84. The molecule has 0 amide bonds. The topological polar surface area (TPSA) is 65.7 Å². The van der Waals surface area contributed by atoms with Gasteiger partial charge in [-0.25, -0.2) is 9.98 Å². The number of nitrogens with zero attached hydrogens (tertiary/aromatic N) is 3. The Labute approximate surface area is 190 Å². The van der Waals surface area contributed by atoms with Gasteiger partial charge in [0.1, 0.15) is 5.76 Å². The summed E-state index contributed by atoms with van der Waals surface area (Å²) in [5.41, 5.74) is 2.39. The number of halogens is 1. The van der Waals surface area contributed by atoms with Crippen molar-refractivity contribution in [3.05, 3.63) is 59.8 Å². The van der Waals surface area contributed by atoms with E-state index >= 15 is 0 Å². The lowest BCUT2D eigenvalue weighted by Crippen LogP contribution is -2.36. The minimum Gasteiger partial charge on any atom is -0.443 e. The molecule has 0 radical (unpaired) electrons. The van der Waals surface area contributed by atoms with Crippen LogP contribution in [0.3, 0.4) is 0 Å². The van der Waals surface area contributed by atoms with Gasteiger partial charge in [0.2, 0.25) is 5.89 Å². The van der Waals surface area contributed by atoms with Crippen LogP contribution in [0.15, 0.2) is 52.0 Å². The highest BCUT2D eigenvalue weighted by atomic mass is 127. The highest BCUT2D eigenvalue weighted by Gasteiger charge is 2.19. The molecule has 0 fully saturated rings. The lowest BCUT2D eigenvalue weighted by atomic mass is 9.94. The molecule has 1 aliphatic heterocycles. The van der Waals surface area contributed by atoms with Gasteiger partial charge < -0.3 is 20.0 Å². The van der Waals surface area contributed by atoms with Gasteiger partial charge in [0, 0.05) is 30.7 Å². The largest absolute Gasteiger partial charge is 0.443 e. The summed E-state index contributed by atoms with van der Waals surface area (Å²) in [5.74, 6) is 2.31. The van der Waals surface area contributed by atoms with Gasteiger partial charge in [-0.15, -0.1) is 24.0 Å². The molecule has 0 unspecified atom stereocenters. The molecule has 0 atom stereocenters. The number of aliphatic imine (C=N–C) groups is 1. The summed E-state index contributed by atoms with van der Waals surface area (Å²) in [5, 5.41) is 6.58. The maximum Gasteiger partial charge on any atom is 0.213 e. The van der Waals surface area contributed by atoms with E-state index in [1.807, 2.05) is 0 Å². The quantitative estimate of drug-likeness (QED) is 0.264. The third-order valence-corrected chi connectivity index (χ3v) is 4.56. The summed E-state index contributed by atoms with van der Waals surface area (Å²) in [6, 6.07) is 8.58. The van der Waals surface area contributed by atoms with Gasteiger partial charge in [0.25, 0.3) is 0 Å². The van der Waals surface area contributed by atoms with Crippen molar-refractivity contribution in [3.8, 4) is 0 Å². The van der Waals surface area contributed by atoms with E-state index in [1.54, 1.807) is 6.20 Å². The Kier molecular flexibility index (Phi) is 8.55. The normalized spacial score (nSPS) is 14.1.